The topological polar surface area (TPSA) is 46.2 Å². The molecule has 1 rings (SSSR count). The van der Waals surface area contributed by atoms with E-state index in [9.17, 15) is 5.11 Å². The molecular formula is C11H17NOS. The number of rotatable bonds is 4. The molecule has 0 aliphatic rings. The number of aliphatic hydroxyl groups excluding tert-OH is 1. The summed E-state index contributed by atoms with van der Waals surface area (Å²) in [7, 11) is 0. The lowest BCUT2D eigenvalue weighted by Gasteiger charge is -2.14. The van der Waals surface area contributed by atoms with Crippen molar-refractivity contribution in [1.29, 1.82) is 0 Å². The van der Waals surface area contributed by atoms with Crippen molar-refractivity contribution in [3.63, 3.8) is 0 Å². The second-order valence-electron chi connectivity index (χ2n) is 3.46. The monoisotopic (exact) mass is 211 g/mol. The third-order valence-corrected chi connectivity index (χ3v) is 3.63. The van der Waals surface area contributed by atoms with Gasteiger partial charge in [-0.1, -0.05) is 25.1 Å². The van der Waals surface area contributed by atoms with Crippen molar-refractivity contribution in [2.45, 2.75) is 31.0 Å². The Morgan fingerprint density at radius 1 is 1.36 bits per heavy atom. The minimum Gasteiger partial charge on any atom is -0.398 e. The van der Waals surface area contributed by atoms with Crippen LogP contribution >= 0.6 is 11.8 Å². The van der Waals surface area contributed by atoms with Gasteiger partial charge in [-0.3, -0.25) is 0 Å². The Morgan fingerprint density at radius 2 is 2.00 bits per heavy atom. The van der Waals surface area contributed by atoms with E-state index in [1.165, 1.54) is 0 Å². The third kappa shape index (κ3) is 3.24. The number of hydrogen-bond acceptors (Lipinski definition) is 3. The van der Waals surface area contributed by atoms with Gasteiger partial charge in [0.15, 0.2) is 0 Å². The summed E-state index contributed by atoms with van der Waals surface area (Å²) in [4.78, 5) is 0. The lowest BCUT2D eigenvalue weighted by molar-refractivity contribution is 0.196. The van der Waals surface area contributed by atoms with Crippen molar-refractivity contribution < 1.29 is 5.11 Å². The van der Waals surface area contributed by atoms with Crippen LogP contribution in [0.2, 0.25) is 0 Å². The van der Waals surface area contributed by atoms with Gasteiger partial charge in [-0.15, -0.1) is 0 Å². The van der Waals surface area contributed by atoms with Crippen molar-refractivity contribution in [2.75, 3.05) is 5.73 Å². The lowest BCUT2D eigenvalue weighted by atomic mass is 10.2. The molecule has 0 aliphatic heterocycles. The summed E-state index contributed by atoms with van der Waals surface area (Å²) >= 11 is 1.72. The molecule has 0 radical (unpaired) electrons. The van der Waals surface area contributed by atoms with E-state index in [1.54, 1.807) is 11.8 Å². The van der Waals surface area contributed by atoms with Crippen LogP contribution in [0.5, 0.6) is 0 Å². The van der Waals surface area contributed by atoms with E-state index in [0.29, 0.717) is 0 Å². The first-order chi connectivity index (χ1) is 6.61. The highest BCUT2D eigenvalue weighted by Gasteiger charge is 2.09. The van der Waals surface area contributed by atoms with E-state index < -0.39 is 0 Å². The van der Waals surface area contributed by atoms with Crippen LogP contribution in [0.4, 0.5) is 5.69 Å². The van der Waals surface area contributed by atoms with Gasteiger partial charge in [0.1, 0.15) is 0 Å². The van der Waals surface area contributed by atoms with Crippen LogP contribution in [0.15, 0.2) is 24.3 Å². The zero-order chi connectivity index (χ0) is 10.6. The molecule has 0 fully saturated rings. The molecule has 2 unspecified atom stereocenters. The SMILES string of the molecule is CC(O)C(C)SCc1ccccc1N. The first kappa shape index (κ1) is 11.4. The fourth-order valence-electron chi connectivity index (χ4n) is 1.03. The zero-order valence-electron chi connectivity index (χ0n) is 8.60. The number of aliphatic hydroxyl groups is 1. The van der Waals surface area contributed by atoms with Gasteiger partial charge in [0.2, 0.25) is 0 Å². The first-order valence-electron chi connectivity index (χ1n) is 4.74. The van der Waals surface area contributed by atoms with Gasteiger partial charge in [0, 0.05) is 16.7 Å². The minimum atomic E-state index is -0.273. The highest BCUT2D eigenvalue weighted by Crippen LogP contribution is 2.23. The van der Waals surface area contributed by atoms with Crippen LogP contribution in [-0.2, 0) is 5.75 Å². The predicted molar refractivity (Wildman–Crippen MR) is 63.3 cm³/mol. The number of para-hydroxylation sites is 1. The molecule has 3 heteroatoms. The van der Waals surface area contributed by atoms with E-state index in [4.69, 9.17) is 5.73 Å². The molecule has 0 heterocycles. The van der Waals surface area contributed by atoms with Gasteiger partial charge in [-0.25, -0.2) is 0 Å². The Hall–Kier alpha value is -0.670. The molecule has 2 atom stereocenters. The first-order valence-corrected chi connectivity index (χ1v) is 5.79. The summed E-state index contributed by atoms with van der Waals surface area (Å²) in [5.74, 6) is 0.860. The largest absolute Gasteiger partial charge is 0.398 e. The number of thioether (sulfide) groups is 1. The van der Waals surface area contributed by atoms with Gasteiger partial charge in [0.25, 0.3) is 0 Å². The van der Waals surface area contributed by atoms with Crippen molar-refractivity contribution in [2.24, 2.45) is 0 Å². The van der Waals surface area contributed by atoms with Crippen LogP contribution in [0, 0.1) is 0 Å². The summed E-state index contributed by atoms with van der Waals surface area (Å²) in [5.41, 5.74) is 7.78. The fourth-order valence-corrected chi connectivity index (χ4v) is 2.01. The molecule has 14 heavy (non-hydrogen) atoms. The Morgan fingerprint density at radius 3 is 2.57 bits per heavy atom. The predicted octanol–water partition coefficient (Wildman–Crippen LogP) is 2.27. The van der Waals surface area contributed by atoms with Gasteiger partial charge in [-0.2, -0.15) is 11.8 Å². The zero-order valence-corrected chi connectivity index (χ0v) is 9.42. The van der Waals surface area contributed by atoms with E-state index in [2.05, 4.69) is 0 Å². The van der Waals surface area contributed by atoms with Crippen molar-refractivity contribution in [1.82, 2.24) is 0 Å². The van der Waals surface area contributed by atoms with Crippen LogP contribution in [0.3, 0.4) is 0 Å². The molecule has 3 N–H and O–H groups in total. The van der Waals surface area contributed by atoms with Crippen LogP contribution in [0.1, 0.15) is 19.4 Å². The minimum absolute atomic E-state index is 0.245. The summed E-state index contributed by atoms with van der Waals surface area (Å²) in [5, 5.41) is 9.56. The van der Waals surface area contributed by atoms with Crippen molar-refractivity contribution >= 4 is 17.4 Å². The second-order valence-corrected chi connectivity index (χ2v) is 4.82. The normalized spacial score (nSPS) is 15.1. The summed E-state index contributed by atoms with van der Waals surface area (Å²) in [6.45, 7) is 3.83. The van der Waals surface area contributed by atoms with Gasteiger partial charge in [0.05, 0.1) is 6.10 Å². The van der Waals surface area contributed by atoms with Crippen molar-refractivity contribution in [3.8, 4) is 0 Å². The Kier molecular flexibility index (Phi) is 4.29. The Bertz CT molecular complexity index is 288. The molecule has 2 nitrogen and oxygen atoms in total. The molecule has 1 aromatic carbocycles. The quantitative estimate of drug-likeness (QED) is 0.751. The maximum atomic E-state index is 9.32. The molecule has 0 amide bonds. The molecule has 0 saturated heterocycles. The number of nitrogen functional groups attached to an aromatic ring is 1. The lowest BCUT2D eigenvalue weighted by Crippen LogP contribution is -2.15. The average Bonchev–Trinajstić information content (AvgIpc) is 2.16. The summed E-state index contributed by atoms with van der Waals surface area (Å²) < 4.78 is 0. The molecule has 1 aromatic rings. The number of nitrogens with two attached hydrogens (primary N) is 1. The summed E-state index contributed by atoms with van der Waals surface area (Å²) in [6, 6.07) is 7.85. The van der Waals surface area contributed by atoms with Gasteiger partial charge in [-0.05, 0) is 18.6 Å². The maximum Gasteiger partial charge on any atom is 0.0628 e. The third-order valence-electron chi connectivity index (χ3n) is 2.24. The molecule has 0 bridgehead atoms. The standard InChI is InChI=1S/C11H17NOS/c1-8(13)9(2)14-7-10-5-3-4-6-11(10)12/h3-6,8-9,13H,7,12H2,1-2H3. The van der Waals surface area contributed by atoms with E-state index in [0.717, 1.165) is 17.0 Å². The number of anilines is 1. The molecule has 0 saturated carbocycles. The number of hydrogen-bond donors (Lipinski definition) is 2. The molecule has 0 aliphatic carbocycles. The van der Waals surface area contributed by atoms with E-state index in [1.807, 2.05) is 38.1 Å². The Labute approximate surface area is 89.5 Å². The highest BCUT2D eigenvalue weighted by molar-refractivity contribution is 7.99. The molecule has 78 valence electrons. The van der Waals surface area contributed by atoms with Crippen molar-refractivity contribution in [3.05, 3.63) is 29.8 Å². The van der Waals surface area contributed by atoms with Gasteiger partial charge >= 0.3 is 0 Å². The Balaban J connectivity index is 2.50. The molecule has 0 spiro atoms. The number of benzene rings is 1. The smallest absolute Gasteiger partial charge is 0.0628 e. The van der Waals surface area contributed by atoms with Gasteiger partial charge < -0.3 is 10.8 Å². The fraction of sp³-hybridized carbons (Fsp3) is 0.455. The van der Waals surface area contributed by atoms with Crippen LogP contribution in [-0.4, -0.2) is 16.5 Å². The average molecular weight is 211 g/mol. The highest BCUT2D eigenvalue weighted by atomic mass is 32.2. The summed E-state index contributed by atoms with van der Waals surface area (Å²) in [6.07, 6.45) is -0.273. The van der Waals surface area contributed by atoms with Crippen LogP contribution < -0.4 is 5.73 Å². The maximum absolute atomic E-state index is 9.32. The van der Waals surface area contributed by atoms with E-state index in [-0.39, 0.29) is 11.4 Å². The molecular weight excluding hydrogens is 194 g/mol. The van der Waals surface area contributed by atoms with Crippen LogP contribution in [0.25, 0.3) is 0 Å². The second kappa shape index (κ2) is 5.27. The molecule has 0 aromatic heterocycles. The van der Waals surface area contributed by atoms with E-state index >= 15 is 0 Å².